The summed E-state index contributed by atoms with van der Waals surface area (Å²) in [7, 11) is 0. The summed E-state index contributed by atoms with van der Waals surface area (Å²) in [6.07, 6.45) is 60.9. The zero-order valence-electron chi connectivity index (χ0n) is 37.0. The van der Waals surface area contributed by atoms with Gasteiger partial charge >= 0.3 is 17.9 Å². The molecule has 0 amide bonds. The number of hydrogen-bond acceptors (Lipinski definition) is 6. The lowest BCUT2D eigenvalue weighted by Gasteiger charge is -2.18. The lowest BCUT2D eigenvalue weighted by atomic mass is 10.1. The number of allylic oxidation sites excluding steroid dienone is 18. The van der Waals surface area contributed by atoms with Gasteiger partial charge in [0.2, 0.25) is 0 Å². The van der Waals surface area contributed by atoms with Gasteiger partial charge in [0.1, 0.15) is 13.2 Å². The van der Waals surface area contributed by atoms with Gasteiger partial charge in [-0.2, -0.15) is 0 Å². The first-order valence-corrected chi connectivity index (χ1v) is 22.9. The lowest BCUT2D eigenvalue weighted by Crippen LogP contribution is -2.30. The highest BCUT2D eigenvalue weighted by atomic mass is 16.6. The van der Waals surface area contributed by atoms with Crippen LogP contribution in [-0.2, 0) is 28.6 Å². The maximum Gasteiger partial charge on any atom is 0.306 e. The number of rotatable bonds is 39. The second-order valence-corrected chi connectivity index (χ2v) is 14.6. The van der Waals surface area contributed by atoms with Crippen LogP contribution in [0.25, 0.3) is 0 Å². The molecular formula is C52H82O6. The summed E-state index contributed by atoms with van der Waals surface area (Å²) in [6.45, 7) is 6.22. The minimum atomic E-state index is -0.825. The van der Waals surface area contributed by atoms with Gasteiger partial charge in [-0.1, -0.05) is 182 Å². The third-order valence-electron chi connectivity index (χ3n) is 9.07. The molecule has 0 aromatic carbocycles. The maximum absolute atomic E-state index is 12.7. The quantitative estimate of drug-likeness (QED) is 0.0202. The monoisotopic (exact) mass is 803 g/mol. The van der Waals surface area contributed by atoms with Crippen molar-refractivity contribution in [2.75, 3.05) is 13.2 Å². The number of ether oxygens (including phenoxy) is 3. The van der Waals surface area contributed by atoms with Crippen molar-refractivity contribution in [3.8, 4) is 0 Å². The highest BCUT2D eigenvalue weighted by Gasteiger charge is 2.19. The first kappa shape index (κ1) is 54.1. The molecule has 0 saturated heterocycles. The summed E-state index contributed by atoms with van der Waals surface area (Å²) in [6, 6.07) is 0. The predicted octanol–water partition coefficient (Wildman–Crippen LogP) is 14.8. The van der Waals surface area contributed by atoms with E-state index >= 15 is 0 Å². The van der Waals surface area contributed by atoms with Crippen LogP contribution >= 0.6 is 0 Å². The SMILES string of the molecule is CC\C=C/C=C\C=C/CCCCCCCCCC(=O)OC(COC(=O)CC/C=C\C/C=C\C/C=C\C/C=C\C/C=C\CC)COC(=O)CCC/C=C\CCCCCC. The molecule has 0 bridgehead atoms. The van der Waals surface area contributed by atoms with Gasteiger partial charge in [0.25, 0.3) is 0 Å². The van der Waals surface area contributed by atoms with Crippen LogP contribution in [0.5, 0.6) is 0 Å². The minimum absolute atomic E-state index is 0.124. The molecule has 0 radical (unpaired) electrons. The van der Waals surface area contributed by atoms with Crippen molar-refractivity contribution in [2.45, 2.75) is 187 Å². The largest absolute Gasteiger partial charge is 0.462 e. The van der Waals surface area contributed by atoms with Crippen LogP contribution in [0, 0.1) is 0 Å². The third-order valence-corrected chi connectivity index (χ3v) is 9.07. The van der Waals surface area contributed by atoms with E-state index < -0.39 is 6.10 Å². The van der Waals surface area contributed by atoms with E-state index in [1.165, 1.54) is 44.9 Å². The van der Waals surface area contributed by atoms with Gasteiger partial charge in [-0.05, 0) is 89.9 Å². The van der Waals surface area contributed by atoms with E-state index in [-0.39, 0.29) is 37.5 Å². The molecular weight excluding hydrogens is 721 g/mol. The molecule has 0 aliphatic rings. The fourth-order valence-electron chi connectivity index (χ4n) is 5.67. The molecule has 0 aliphatic carbocycles. The third kappa shape index (κ3) is 43.2. The first-order valence-electron chi connectivity index (χ1n) is 22.9. The number of hydrogen-bond donors (Lipinski definition) is 0. The lowest BCUT2D eigenvalue weighted by molar-refractivity contribution is -0.166. The molecule has 0 saturated carbocycles. The predicted molar refractivity (Wildman–Crippen MR) is 247 cm³/mol. The standard InChI is InChI=1S/C52H82O6/c1-4-7-10-13-16-19-21-23-25-27-28-30-33-36-39-42-45-51(54)57-48-49(47-56-50(53)44-41-38-35-32-18-15-12-9-6-3)58-52(55)46-43-40-37-34-31-29-26-24-22-20-17-14-11-8-5-2/h7-8,10-11,14,16-17,19-20,22-23,25,28,30,32,35-36,39,49H,4-6,9,12-13,15,18,21,24,26-27,29,31,33-34,37-38,40-48H2,1-3H3/b10-7-,11-8-,17-14-,19-16-,22-20-,25-23-,30-28-,35-32-,39-36-. The molecule has 6 nitrogen and oxygen atoms in total. The first-order chi connectivity index (χ1) is 28.5. The Morgan fingerprint density at radius 1 is 0.379 bits per heavy atom. The highest BCUT2D eigenvalue weighted by Crippen LogP contribution is 2.12. The second kappa shape index (κ2) is 45.8. The Balaban J connectivity index is 4.53. The normalized spacial score (nSPS) is 13.1. The molecule has 6 heteroatoms. The number of carbonyl (C=O) groups excluding carboxylic acids is 3. The van der Waals surface area contributed by atoms with E-state index in [4.69, 9.17) is 14.2 Å². The average Bonchev–Trinajstić information content (AvgIpc) is 3.22. The van der Waals surface area contributed by atoms with Gasteiger partial charge in [0, 0.05) is 19.3 Å². The molecule has 0 aliphatic heterocycles. The van der Waals surface area contributed by atoms with E-state index in [2.05, 4.69) is 118 Å². The molecule has 0 heterocycles. The molecule has 1 unspecified atom stereocenters. The molecule has 0 spiro atoms. The van der Waals surface area contributed by atoms with Crippen molar-refractivity contribution >= 4 is 17.9 Å². The fraction of sp³-hybridized carbons (Fsp3) is 0.596. The van der Waals surface area contributed by atoms with Gasteiger partial charge in [-0.25, -0.2) is 0 Å². The van der Waals surface area contributed by atoms with E-state index in [1.54, 1.807) is 0 Å². The molecule has 0 aromatic heterocycles. The average molecular weight is 803 g/mol. The molecule has 0 rings (SSSR count). The summed E-state index contributed by atoms with van der Waals surface area (Å²) < 4.78 is 16.6. The van der Waals surface area contributed by atoms with Crippen LogP contribution in [0.15, 0.2) is 109 Å². The van der Waals surface area contributed by atoms with Crippen molar-refractivity contribution in [1.29, 1.82) is 0 Å². The molecule has 0 aromatic rings. The van der Waals surface area contributed by atoms with Crippen LogP contribution in [0.4, 0.5) is 0 Å². The summed E-state index contributed by atoms with van der Waals surface area (Å²) in [4.78, 5) is 37.7. The Bertz CT molecular complexity index is 1240. The van der Waals surface area contributed by atoms with E-state index in [1.807, 2.05) is 12.2 Å². The maximum atomic E-state index is 12.7. The van der Waals surface area contributed by atoms with E-state index in [0.717, 1.165) is 83.5 Å². The van der Waals surface area contributed by atoms with Gasteiger partial charge < -0.3 is 14.2 Å². The summed E-state index contributed by atoms with van der Waals surface area (Å²) in [5, 5.41) is 0. The van der Waals surface area contributed by atoms with Crippen molar-refractivity contribution < 1.29 is 28.6 Å². The van der Waals surface area contributed by atoms with Gasteiger partial charge in [-0.3, -0.25) is 14.4 Å². The zero-order valence-corrected chi connectivity index (χ0v) is 37.0. The number of esters is 3. The molecule has 58 heavy (non-hydrogen) atoms. The number of carbonyl (C=O) groups is 3. The van der Waals surface area contributed by atoms with Crippen molar-refractivity contribution in [1.82, 2.24) is 0 Å². The van der Waals surface area contributed by atoms with Crippen LogP contribution in [-0.4, -0.2) is 37.2 Å². The molecule has 326 valence electrons. The fourth-order valence-corrected chi connectivity index (χ4v) is 5.67. The molecule has 0 fully saturated rings. The topological polar surface area (TPSA) is 78.9 Å². The van der Waals surface area contributed by atoms with Crippen molar-refractivity contribution in [3.63, 3.8) is 0 Å². The Hall–Kier alpha value is -3.93. The summed E-state index contributed by atoms with van der Waals surface area (Å²) >= 11 is 0. The Labute approximate surface area is 355 Å². The van der Waals surface area contributed by atoms with E-state index in [0.29, 0.717) is 25.7 Å². The summed E-state index contributed by atoms with van der Waals surface area (Å²) in [5.74, 6) is -1.07. The second-order valence-electron chi connectivity index (χ2n) is 14.6. The van der Waals surface area contributed by atoms with Crippen LogP contribution < -0.4 is 0 Å². The summed E-state index contributed by atoms with van der Waals surface area (Å²) in [5.41, 5.74) is 0. The zero-order chi connectivity index (χ0) is 42.3. The van der Waals surface area contributed by atoms with Crippen molar-refractivity contribution in [2.24, 2.45) is 0 Å². The smallest absolute Gasteiger partial charge is 0.306 e. The van der Waals surface area contributed by atoms with Crippen molar-refractivity contribution in [3.05, 3.63) is 109 Å². The van der Waals surface area contributed by atoms with Gasteiger partial charge in [0.05, 0.1) is 0 Å². The minimum Gasteiger partial charge on any atom is -0.462 e. The van der Waals surface area contributed by atoms with E-state index in [9.17, 15) is 14.4 Å². The molecule has 0 N–H and O–H groups in total. The van der Waals surface area contributed by atoms with Crippen LogP contribution in [0.2, 0.25) is 0 Å². The Morgan fingerprint density at radius 3 is 1.40 bits per heavy atom. The number of unbranched alkanes of at least 4 members (excludes halogenated alkanes) is 12. The van der Waals surface area contributed by atoms with Crippen LogP contribution in [0.1, 0.15) is 181 Å². The Kier molecular flexibility index (Phi) is 42.7. The van der Waals surface area contributed by atoms with Crippen LogP contribution in [0.3, 0.4) is 0 Å². The molecule has 1 atom stereocenters. The Morgan fingerprint density at radius 2 is 0.810 bits per heavy atom. The highest BCUT2D eigenvalue weighted by molar-refractivity contribution is 5.71. The van der Waals surface area contributed by atoms with Gasteiger partial charge in [0.15, 0.2) is 6.10 Å². The van der Waals surface area contributed by atoms with Gasteiger partial charge in [-0.15, -0.1) is 0 Å².